The molecule has 1 aliphatic carbocycles. The minimum atomic E-state index is -0.619. The van der Waals surface area contributed by atoms with E-state index in [1.807, 2.05) is 30.3 Å². The van der Waals surface area contributed by atoms with Gasteiger partial charge >= 0.3 is 0 Å². The van der Waals surface area contributed by atoms with Gasteiger partial charge in [0.05, 0.1) is 23.2 Å². The molecule has 3 N–H and O–H groups in total. The van der Waals surface area contributed by atoms with Crippen LogP contribution in [0.1, 0.15) is 50.5 Å². The lowest BCUT2D eigenvalue weighted by Crippen LogP contribution is -2.56. The van der Waals surface area contributed by atoms with Gasteiger partial charge in [0.25, 0.3) is 0 Å². The van der Waals surface area contributed by atoms with E-state index in [2.05, 4.69) is 10.6 Å². The molecule has 1 aromatic rings. The highest BCUT2D eigenvalue weighted by atomic mass is 32.2. The first-order valence-corrected chi connectivity index (χ1v) is 13.1. The second-order valence-electron chi connectivity index (χ2n) is 9.86. The number of hydrogen-bond acceptors (Lipinski definition) is 5. The zero-order valence-corrected chi connectivity index (χ0v) is 19.7. The van der Waals surface area contributed by atoms with E-state index in [0.29, 0.717) is 6.54 Å². The number of amides is 3. The van der Waals surface area contributed by atoms with Gasteiger partial charge in [-0.1, -0.05) is 49.6 Å². The Morgan fingerprint density at radius 2 is 1.85 bits per heavy atom. The Hall–Kier alpha value is -2.06. The van der Waals surface area contributed by atoms with Gasteiger partial charge in [-0.3, -0.25) is 14.4 Å². The van der Waals surface area contributed by atoms with Crippen molar-refractivity contribution in [3.8, 4) is 0 Å². The summed E-state index contributed by atoms with van der Waals surface area (Å²) in [6.45, 7) is 0.359. The second-order valence-corrected chi connectivity index (χ2v) is 11.5. The van der Waals surface area contributed by atoms with E-state index >= 15 is 0 Å². The van der Waals surface area contributed by atoms with Crippen LogP contribution in [-0.4, -0.2) is 63.0 Å². The molecule has 0 aromatic heterocycles. The third kappa shape index (κ3) is 3.95. The number of carbonyl (C=O) groups is 3. The van der Waals surface area contributed by atoms with Crippen LogP contribution in [0, 0.1) is 11.8 Å². The second kappa shape index (κ2) is 9.29. The molecule has 5 atom stereocenters. The van der Waals surface area contributed by atoms with Crippen molar-refractivity contribution in [3.63, 3.8) is 0 Å². The van der Waals surface area contributed by atoms with Crippen molar-refractivity contribution in [1.82, 2.24) is 15.5 Å². The van der Waals surface area contributed by atoms with Gasteiger partial charge in [-0.15, -0.1) is 11.8 Å². The summed E-state index contributed by atoms with van der Waals surface area (Å²) in [6, 6.07) is 9.28. The van der Waals surface area contributed by atoms with Crippen LogP contribution in [0.15, 0.2) is 30.3 Å². The molecule has 4 aliphatic rings. The quantitative estimate of drug-likeness (QED) is 0.564. The van der Waals surface area contributed by atoms with E-state index in [-0.39, 0.29) is 42.2 Å². The molecular weight excluding hydrogens is 438 g/mol. The zero-order valence-electron chi connectivity index (χ0n) is 18.9. The SMILES string of the molecule is O=C(NC1CCCCC1)C1N(CCO)C(=O)[C@@H]2[C@H](C(=O)NCc3ccccc3)[C@@H]3CCC12S3. The monoisotopic (exact) mass is 471 g/mol. The molecule has 5 rings (SSSR count). The van der Waals surface area contributed by atoms with Gasteiger partial charge in [-0.25, -0.2) is 0 Å². The molecule has 33 heavy (non-hydrogen) atoms. The third-order valence-electron chi connectivity index (χ3n) is 7.95. The van der Waals surface area contributed by atoms with Gasteiger partial charge in [-0.2, -0.15) is 0 Å². The fraction of sp³-hybridized carbons (Fsp3) is 0.640. The predicted octanol–water partition coefficient (Wildman–Crippen LogP) is 1.84. The Labute approximate surface area is 199 Å². The van der Waals surface area contributed by atoms with E-state index < -0.39 is 22.6 Å². The van der Waals surface area contributed by atoms with Crippen LogP contribution in [0.25, 0.3) is 0 Å². The van der Waals surface area contributed by atoms with Crippen molar-refractivity contribution in [2.24, 2.45) is 11.8 Å². The first kappa shape index (κ1) is 22.7. The van der Waals surface area contributed by atoms with Crippen molar-refractivity contribution in [1.29, 1.82) is 0 Å². The molecule has 1 aromatic carbocycles. The highest BCUT2D eigenvalue weighted by Gasteiger charge is 2.73. The molecule has 8 heteroatoms. The smallest absolute Gasteiger partial charge is 0.244 e. The van der Waals surface area contributed by atoms with E-state index in [4.69, 9.17) is 0 Å². The van der Waals surface area contributed by atoms with Crippen LogP contribution in [0.5, 0.6) is 0 Å². The number of likely N-dealkylation sites (tertiary alicyclic amines) is 1. The predicted molar refractivity (Wildman–Crippen MR) is 126 cm³/mol. The summed E-state index contributed by atoms with van der Waals surface area (Å²) >= 11 is 1.67. The maximum Gasteiger partial charge on any atom is 0.244 e. The van der Waals surface area contributed by atoms with E-state index in [1.165, 1.54) is 6.42 Å². The third-order valence-corrected chi connectivity index (χ3v) is 9.91. The molecule has 178 valence electrons. The number of β-amino-alcohol motifs (C(OH)–C–C–N with tert-alkyl or cyclic N) is 1. The molecular formula is C25H33N3O4S. The molecule has 7 nitrogen and oxygen atoms in total. The van der Waals surface area contributed by atoms with Gasteiger partial charge in [0.1, 0.15) is 6.04 Å². The highest BCUT2D eigenvalue weighted by Crippen LogP contribution is 2.66. The van der Waals surface area contributed by atoms with E-state index in [1.54, 1.807) is 16.7 Å². The summed E-state index contributed by atoms with van der Waals surface area (Å²) in [5, 5.41) is 16.0. The molecule has 0 radical (unpaired) electrons. The van der Waals surface area contributed by atoms with Crippen molar-refractivity contribution >= 4 is 29.5 Å². The number of carbonyl (C=O) groups excluding carboxylic acids is 3. The average Bonchev–Trinajstić information content (AvgIpc) is 3.47. The van der Waals surface area contributed by atoms with Crippen molar-refractivity contribution in [3.05, 3.63) is 35.9 Å². The highest BCUT2D eigenvalue weighted by molar-refractivity contribution is 8.02. The van der Waals surface area contributed by atoms with Crippen LogP contribution >= 0.6 is 11.8 Å². The van der Waals surface area contributed by atoms with Crippen LogP contribution in [-0.2, 0) is 20.9 Å². The lowest BCUT2D eigenvalue weighted by atomic mass is 9.70. The molecule has 1 spiro atoms. The van der Waals surface area contributed by atoms with Gasteiger partial charge in [0, 0.05) is 24.4 Å². The fourth-order valence-electron chi connectivity index (χ4n) is 6.53. The number of nitrogens with one attached hydrogen (secondary N) is 2. The van der Waals surface area contributed by atoms with Crippen LogP contribution in [0.3, 0.4) is 0 Å². The van der Waals surface area contributed by atoms with E-state index in [0.717, 1.165) is 44.1 Å². The number of aliphatic hydroxyl groups excluding tert-OH is 1. The van der Waals surface area contributed by atoms with Crippen LogP contribution in [0.4, 0.5) is 0 Å². The molecule has 3 heterocycles. The number of aliphatic hydroxyl groups is 1. The topological polar surface area (TPSA) is 98.7 Å². The summed E-state index contributed by atoms with van der Waals surface area (Å²) in [6.07, 6.45) is 6.97. The Morgan fingerprint density at radius 3 is 2.58 bits per heavy atom. The molecule has 2 bridgehead atoms. The summed E-state index contributed by atoms with van der Waals surface area (Å²) in [5.74, 6) is -1.31. The number of benzene rings is 1. The standard InChI is InChI=1S/C25H33N3O4S/c29-14-13-28-21(23(31)27-17-9-5-2-6-10-17)25-12-11-18(33-25)19(20(25)24(28)32)22(30)26-15-16-7-3-1-4-8-16/h1,3-4,7-8,17-21,29H,2,5-6,9-15H2,(H,26,30)(H,27,31)/t18-,19+,20-,21?,25?/m0/s1. The van der Waals surface area contributed by atoms with Crippen molar-refractivity contribution < 1.29 is 19.5 Å². The Balaban J connectivity index is 1.37. The normalized spacial score (nSPS) is 33.2. The Bertz CT molecular complexity index is 906. The maximum atomic E-state index is 13.6. The van der Waals surface area contributed by atoms with Crippen LogP contribution < -0.4 is 10.6 Å². The number of hydrogen-bond donors (Lipinski definition) is 3. The lowest BCUT2D eigenvalue weighted by molar-refractivity contribution is -0.140. The number of nitrogens with zero attached hydrogens (tertiary/aromatic N) is 1. The molecule has 4 fully saturated rings. The zero-order chi connectivity index (χ0) is 23.0. The van der Waals surface area contributed by atoms with Gasteiger partial charge in [0.15, 0.2) is 0 Å². The largest absolute Gasteiger partial charge is 0.395 e. The van der Waals surface area contributed by atoms with Gasteiger partial charge in [0.2, 0.25) is 17.7 Å². The summed E-state index contributed by atoms with van der Waals surface area (Å²) in [5.41, 5.74) is 1.01. The Kier molecular flexibility index (Phi) is 6.40. The summed E-state index contributed by atoms with van der Waals surface area (Å²) in [7, 11) is 0. The van der Waals surface area contributed by atoms with Gasteiger partial charge in [-0.05, 0) is 31.2 Å². The molecule has 2 unspecified atom stereocenters. The van der Waals surface area contributed by atoms with Crippen molar-refractivity contribution in [2.45, 2.75) is 73.6 Å². The molecule has 3 saturated heterocycles. The van der Waals surface area contributed by atoms with E-state index in [9.17, 15) is 19.5 Å². The first-order valence-electron chi connectivity index (χ1n) is 12.3. The Morgan fingerprint density at radius 1 is 1.09 bits per heavy atom. The van der Waals surface area contributed by atoms with Crippen molar-refractivity contribution in [2.75, 3.05) is 13.2 Å². The number of thioether (sulfide) groups is 1. The average molecular weight is 472 g/mol. The maximum absolute atomic E-state index is 13.6. The van der Waals surface area contributed by atoms with Crippen LogP contribution in [0.2, 0.25) is 0 Å². The minimum Gasteiger partial charge on any atom is -0.395 e. The molecule has 3 amide bonds. The lowest BCUT2D eigenvalue weighted by Gasteiger charge is -2.35. The molecule has 1 saturated carbocycles. The molecule has 3 aliphatic heterocycles. The first-order chi connectivity index (χ1) is 16.0. The summed E-state index contributed by atoms with van der Waals surface area (Å²) < 4.78 is -0.579. The number of fused-ring (bicyclic) bond motifs is 1. The number of rotatable bonds is 7. The van der Waals surface area contributed by atoms with Gasteiger partial charge < -0.3 is 20.6 Å². The minimum absolute atomic E-state index is 0.0518. The summed E-state index contributed by atoms with van der Waals surface area (Å²) in [4.78, 5) is 42.0. The fourth-order valence-corrected chi connectivity index (χ4v) is 8.75.